The molecule has 0 atom stereocenters. The van der Waals surface area contributed by atoms with Crippen molar-refractivity contribution in [2.45, 2.75) is 13.3 Å². The highest BCUT2D eigenvalue weighted by atomic mass is 16.5. The molecular weight excluding hydrogens is 206 g/mol. The third-order valence-corrected chi connectivity index (χ3v) is 2.16. The van der Waals surface area contributed by atoms with Gasteiger partial charge in [-0.05, 0) is 24.6 Å². The third kappa shape index (κ3) is 2.53. The van der Waals surface area contributed by atoms with Crippen LogP contribution in [0.3, 0.4) is 0 Å². The van der Waals surface area contributed by atoms with E-state index in [0.717, 1.165) is 5.56 Å². The molecule has 0 saturated heterocycles. The van der Waals surface area contributed by atoms with E-state index in [2.05, 4.69) is 11.7 Å². The second-order valence-corrected chi connectivity index (χ2v) is 3.05. The van der Waals surface area contributed by atoms with Gasteiger partial charge in [-0.2, -0.15) is 0 Å². The predicted octanol–water partition coefficient (Wildman–Crippen LogP) is 2.81. The number of ether oxygens (including phenoxy) is 2. The monoisotopic (exact) mass is 221 g/mol. The largest absolute Gasteiger partial charge is 0.493 e. The van der Waals surface area contributed by atoms with Crippen LogP contribution < -0.4 is 9.47 Å². The van der Waals surface area contributed by atoms with Crippen LogP contribution in [0.1, 0.15) is 18.9 Å². The summed E-state index contributed by atoms with van der Waals surface area (Å²) in [7, 11) is 1.55. The Morgan fingerprint density at radius 3 is 2.75 bits per heavy atom. The maximum atomic E-state index is 8.82. The zero-order valence-corrected chi connectivity index (χ0v) is 9.43. The summed E-state index contributed by atoms with van der Waals surface area (Å²) in [6, 6.07) is 5.31. The summed E-state index contributed by atoms with van der Waals surface area (Å²) in [6.07, 6.45) is 1.97. The van der Waals surface area contributed by atoms with Gasteiger partial charge >= 0.3 is 0 Å². The molecule has 0 aromatic heterocycles. The number of oxime groups is 1. The zero-order chi connectivity index (χ0) is 12.0. The number of rotatable bonds is 5. The van der Waals surface area contributed by atoms with E-state index in [9.17, 15) is 0 Å². The first-order chi connectivity index (χ1) is 7.76. The van der Waals surface area contributed by atoms with Crippen LogP contribution in [0.25, 0.3) is 0 Å². The van der Waals surface area contributed by atoms with Gasteiger partial charge in [-0.1, -0.05) is 18.7 Å². The maximum Gasteiger partial charge on any atom is 0.168 e. The number of hydrogen-bond donors (Lipinski definition) is 1. The molecule has 0 unspecified atom stereocenters. The van der Waals surface area contributed by atoms with Crippen molar-refractivity contribution in [3.05, 3.63) is 36.6 Å². The van der Waals surface area contributed by atoms with Crippen molar-refractivity contribution in [2.75, 3.05) is 7.11 Å². The summed E-state index contributed by atoms with van der Waals surface area (Å²) in [6.45, 7) is 5.39. The van der Waals surface area contributed by atoms with Gasteiger partial charge in [0.2, 0.25) is 0 Å². The normalized spacial score (nSPS) is 11.0. The van der Waals surface area contributed by atoms with E-state index in [-0.39, 0.29) is 0 Å². The molecule has 1 rings (SSSR count). The molecule has 4 heteroatoms. The van der Waals surface area contributed by atoms with Crippen LogP contribution in [0.2, 0.25) is 0 Å². The van der Waals surface area contributed by atoms with Crippen molar-refractivity contribution < 1.29 is 14.7 Å². The highest BCUT2D eigenvalue weighted by molar-refractivity contribution is 6.00. The smallest absolute Gasteiger partial charge is 0.168 e. The Kier molecular flexibility index (Phi) is 4.39. The van der Waals surface area contributed by atoms with Crippen LogP contribution in [0.5, 0.6) is 11.5 Å². The molecule has 0 bridgehead atoms. The molecule has 1 aromatic rings. The lowest BCUT2D eigenvalue weighted by molar-refractivity contribution is 0.318. The van der Waals surface area contributed by atoms with Crippen LogP contribution >= 0.6 is 0 Å². The Morgan fingerprint density at radius 1 is 1.50 bits per heavy atom. The van der Waals surface area contributed by atoms with Crippen LogP contribution in [0, 0.1) is 0 Å². The average molecular weight is 221 g/mol. The standard InChI is InChI=1S/C12H15NO3/c1-4-10(13-14)9-6-7-11(16-5-2)12(8-9)15-3/h5-8,14H,2,4H2,1,3H3. The van der Waals surface area contributed by atoms with Crippen molar-refractivity contribution in [3.63, 3.8) is 0 Å². The molecule has 0 saturated carbocycles. The van der Waals surface area contributed by atoms with Gasteiger partial charge < -0.3 is 14.7 Å². The summed E-state index contributed by atoms with van der Waals surface area (Å²) >= 11 is 0. The van der Waals surface area contributed by atoms with Gasteiger partial charge in [0.05, 0.1) is 19.1 Å². The summed E-state index contributed by atoms with van der Waals surface area (Å²) in [4.78, 5) is 0. The van der Waals surface area contributed by atoms with Gasteiger partial charge in [-0.3, -0.25) is 0 Å². The van der Waals surface area contributed by atoms with E-state index < -0.39 is 0 Å². The summed E-state index contributed by atoms with van der Waals surface area (Å²) < 4.78 is 10.3. The molecule has 0 aliphatic carbocycles. The molecule has 16 heavy (non-hydrogen) atoms. The maximum absolute atomic E-state index is 8.82. The average Bonchev–Trinajstić information content (AvgIpc) is 2.32. The van der Waals surface area contributed by atoms with Crippen molar-refractivity contribution in [2.24, 2.45) is 5.16 Å². The fourth-order valence-electron chi connectivity index (χ4n) is 1.37. The first-order valence-corrected chi connectivity index (χ1v) is 4.93. The van der Waals surface area contributed by atoms with E-state index >= 15 is 0 Å². The Labute approximate surface area is 94.8 Å². The van der Waals surface area contributed by atoms with Gasteiger partial charge in [0.15, 0.2) is 11.5 Å². The first-order valence-electron chi connectivity index (χ1n) is 4.93. The van der Waals surface area contributed by atoms with E-state index in [1.807, 2.05) is 6.92 Å². The van der Waals surface area contributed by atoms with E-state index in [1.165, 1.54) is 6.26 Å². The topological polar surface area (TPSA) is 51.0 Å². The summed E-state index contributed by atoms with van der Waals surface area (Å²) in [5.41, 5.74) is 1.40. The molecule has 0 aliphatic rings. The van der Waals surface area contributed by atoms with E-state index in [0.29, 0.717) is 23.6 Å². The molecule has 0 aliphatic heterocycles. The van der Waals surface area contributed by atoms with Gasteiger partial charge in [-0.15, -0.1) is 0 Å². The summed E-state index contributed by atoms with van der Waals surface area (Å²) in [5, 5.41) is 12.0. The SMILES string of the molecule is C=COc1ccc(C(CC)=NO)cc1OC. The minimum Gasteiger partial charge on any atom is -0.493 e. The molecule has 0 heterocycles. The Balaban J connectivity index is 3.12. The lowest BCUT2D eigenvalue weighted by atomic mass is 10.1. The molecular formula is C12H15NO3. The molecule has 86 valence electrons. The number of methoxy groups -OCH3 is 1. The van der Waals surface area contributed by atoms with Gasteiger partial charge in [-0.25, -0.2) is 0 Å². The van der Waals surface area contributed by atoms with Gasteiger partial charge in [0.1, 0.15) is 0 Å². The summed E-state index contributed by atoms with van der Waals surface area (Å²) in [5.74, 6) is 1.15. The first kappa shape index (κ1) is 12.1. The Hall–Kier alpha value is -1.97. The molecule has 0 fully saturated rings. The number of hydrogen-bond acceptors (Lipinski definition) is 4. The zero-order valence-electron chi connectivity index (χ0n) is 9.43. The van der Waals surface area contributed by atoms with Crippen LogP contribution in [-0.4, -0.2) is 18.0 Å². The Morgan fingerprint density at radius 2 is 2.25 bits per heavy atom. The van der Waals surface area contributed by atoms with Crippen LogP contribution in [0.4, 0.5) is 0 Å². The molecule has 0 amide bonds. The van der Waals surface area contributed by atoms with Crippen molar-refractivity contribution >= 4 is 5.71 Å². The third-order valence-electron chi connectivity index (χ3n) is 2.16. The second-order valence-electron chi connectivity index (χ2n) is 3.05. The fourth-order valence-corrected chi connectivity index (χ4v) is 1.37. The predicted molar refractivity (Wildman–Crippen MR) is 62.4 cm³/mol. The highest BCUT2D eigenvalue weighted by Gasteiger charge is 2.08. The number of nitrogens with zero attached hydrogens (tertiary/aromatic N) is 1. The van der Waals surface area contributed by atoms with Crippen molar-refractivity contribution in [1.82, 2.24) is 0 Å². The molecule has 4 nitrogen and oxygen atoms in total. The molecule has 0 spiro atoms. The van der Waals surface area contributed by atoms with Crippen LogP contribution in [-0.2, 0) is 0 Å². The van der Waals surface area contributed by atoms with Gasteiger partial charge in [0.25, 0.3) is 0 Å². The van der Waals surface area contributed by atoms with E-state index in [1.54, 1.807) is 25.3 Å². The Bertz CT molecular complexity index is 399. The highest BCUT2D eigenvalue weighted by Crippen LogP contribution is 2.28. The minimum absolute atomic E-state index is 0.576. The van der Waals surface area contributed by atoms with Crippen LogP contribution in [0.15, 0.2) is 36.2 Å². The van der Waals surface area contributed by atoms with Crippen molar-refractivity contribution in [1.29, 1.82) is 0 Å². The molecule has 1 aromatic carbocycles. The molecule has 0 radical (unpaired) electrons. The lowest BCUT2D eigenvalue weighted by Crippen LogP contribution is -2.00. The van der Waals surface area contributed by atoms with Crippen molar-refractivity contribution in [3.8, 4) is 11.5 Å². The fraction of sp³-hybridized carbons (Fsp3) is 0.250. The number of benzene rings is 1. The van der Waals surface area contributed by atoms with Gasteiger partial charge in [0, 0.05) is 5.56 Å². The minimum atomic E-state index is 0.576. The lowest BCUT2D eigenvalue weighted by Gasteiger charge is -2.09. The van der Waals surface area contributed by atoms with E-state index in [4.69, 9.17) is 14.7 Å². The molecule has 1 N–H and O–H groups in total. The second kappa shape index (κ2) is 5.80. The quantitative estimate of drug-likeness (QED) is 0.360.